The van der Waals surface area contributed by atoms with Gasteiger partial charge in [0, 0.05) is 26.2 Å². The van der Waals surface area contributed by atoms with Crippen LogP contribution in [0, 0.1) is 12.7 Å². The third kappa shape index (κ3) is 2.58. The van der Waals surface area contributed by atoms with Crippen LogP contribution in [-0.2, 0) is 6.54 Å². The fourth-order valence-corrected chi connectivity index (χ4v) is 4.13. The van der Waals surface area contributed by atoms with E-state index in [2.05, 4.69) is 32.3 Å². The van der Waals surface area contributed by atoms with Crippen molar-refractivity contribution in [3.05, 3.63) is 34.7 Å². The molecule has 5 nitrogen and oxygen atoms in total. The normalized spacial score (nSPS) is 19.0. The van der Waals surface area contributed by atoms with Crippen molar-refractivity contribution in [2.24, 2.45) is 0 Å². The van der Waals surface area contributed by atoms with Gasteiger partial charge in [-0.3, -0.25) is 5.01 Å². The second kappa shape index (κ2) is 5.74. The number of benzene rings is 1. The molecule has 0 aliphatic carbocycles. The van der Waals surface area contributed by atoms with Gasteiger partial charge in [0.2, 0.25) is 0 Å². The minimum Gasteiger partial charge on any atom is -0.375 e. The monoisotopic (exact) mass is 333 g/mol. The van der Waals surface area contributed by atoms with E-state index < -0.39 is 0 Å². The first kappa shape index (κ1) is 14.9. The Labute approximate surface area is 139 Å². The van der Waals surface area contributed by atoms with Crippen LogP contribution in [0.5, 0.6) is 0 Å². The second-order valence-electron chi connectivity index (χ2n) is 6.04. The molecule has 0 atom stereocenters. The lowest BCUT2D eigenvalue weighted by molar-refractivity contribution is 0.155. The molecule has 122 valence electrons. The van der Waals surface area contributed by atoms with E-state index >= 15 is 0 Å². The predicted octanol–water partition coefficient (Wildman–Crippen LogP) is 2.82. The number of rotatable bonds is 1. The highest BCUT2D eigenvalue weighted by molar-refractivity contribution is 7.15. The van der Waals surface area contributed by atoms with Crippen molar-refractivity contribution < 1.29 is 4.39 Å². The molecule has 7 heteroatoms. The van der Waals surface area contributed by atoms with Crippen LogP contribution in [0.4, 0.5) is 20.8 Å². The zero-order valence-electron chi connectivity index (χ0n) is 13.3. The maximum Gasteiger partial charge on any atom is 0.148 e. The van der Waals surface area contributed by atoms with Gasteiger partial charge in [-0.1, -0.05) is 17.4 Å². The number of piperazine rings is 1. The van der Waals surface area contributed by atoms with Crippen LogP contribution in [0.15, 0.2) is 18.2 Å². The van der Waals surface area contributed by atoms with Gasteiger partial charge >= 0.3 is 0 Å². The Balaban J connectivity index is 1.83. The van der Waals surface area contributed by atoms with Crippen molar-refractivity contribution in [2.45, 2.75) is 13.5 Å². The highest BCUT2D eigenvalue weighted by Gasteiger charge is 2.31. The molecule has 0 radical (unpaired) electrons. The van der Waals surface area contributed by atoms with E-state index in [0.29, 0.717) is 12.2 Å². The van der Waals surface area contributed by atoms with Gasteiger partial charge in [-0.15, -0.1) is 0 Å². The van der Waals surface area contributed by atoms with Gasteiger partial charge in [0.05, 0.1) is 28.6 Å². The number of nitrogens with zero attached hydrogens (tertiary/aromatic N) is 4. The minimum atomic E-state index is -0.214. The number of likely N-dealkylation sites (N-methyl/N-ethyl adjacent to an activating group) is 1. The molecule has 1 saturated heterocycles. The Morgan fingerprint density at radius 2 is 2.00 bits per heavy atom. The Morgan fingerprint density at radius 1 is 1.22 bits per heavy atom. The summed E-state index contributed by atoms with van der Waals surface area (Å²) in [5, 5.41) is 9.85. The molecule has 1 aromatic heterocycles. The molecule has 0 amide bonds. The van der Waals surface area contributed by atoms with E-state index in [1.807, 2.05) is 13.0 Å². The number of anilines is 3. The summed E-state index contributed by atoms with van der Waals surface area (Å²) in [4.78, 5) is 6.96. The van der Waals surface area contributed by atoms with Crippen LogP contribution >= 0.6 is 11.3 Å². The van der Waals surface area contributed by atoms with Crippen LogP contribution in [0.25, 0.3) is 0 Å². The highest BCUT2D eigenvalue weighted by atomic mass is 32.1. The van der Waals surface area contributed by atoms with E-state index in [0.717, 1.165) is 47.6 Å². The molecule has 1 N–H and O–H groups in total. The lowest BCUT2D eigenvalue weighted by Crippen LogP contribution is -2.51. The van der Waals surface area contributed by atoms with Gasteiger partial charge in [0.1, 0.15) is 10.8 Å². The summed E-state index contributed by atoms with van der Waals surface area (Å²) in [6, 6.07) is 5.26. The molecule has 0 saturated carbocycles. The van der Waals surface area contributed by atoms with E-state index in [9.17, 15) is 4.39 Å². The van der Waals surface area contributed by atoms with Gasteiger partial charge < -0.3 is 10.2 Å². The summed E-state index contributed by atoms with van der Waals surface area (Å²) in [7, 11) is 2.14. The van der Waals surface area contributed by atoms with Crippen LogP contribution in [0.2, 0.25) is 0 Å². The molecule has 3 heterocycles. The van der Waals surface area contributed by atoms with Gasteiger partial charge in [0.15, 0.2) is 0 Å². The fraction of sp³-hybridized carbons (Fsp3) is 0.438. The third-order valence-corrected chi connectivity index (χ3v) is 5.38. The second-order valence-corrected chi connectivity index (χ2v) is 7.22. The smallest absolute Gasteiger partial charge is 0.148 e. The SMILES string of the molecule is Cc1nc2c(s1)N(N1CCN(C)CC1)c1cccc(F)c1NC2. The molecule has 1 aromatic carbocycles. The topological polar surface area (TPSA) is 34.6 Å². The fourth-order valence-electron chi connectivity index (χ4n) is 3.16. The number of aryl methyl sites for hydroxylation is 1. The van der Waals surface area contributed by atoms with E-state index in [1.165, 1.54) is 6.07 Å². The van der Waals surface area contributed by atoms with E-state index in [-0.39, 0.29) is 5.82 Å². The Morgan fingerprint density at radius 3 is 2.78 bits per heavy atom. The Hall–Kier alpha value is -1.70. The Kier molecular flexibility index (Phi) is 3.71. The van der Waals surface area contributed by atoms with E-state index in [4.69, 9.17) is 0 Å². The Bertz CT molecular complexity index is 723. The molecule has 2 aliphatic heterocycles. The summed E-state index contributed by atoms with van der Waals surface area (Å²) < 4.78 is 14.3. The molecular weight excluding hydrogens is 313 g/mol. The molecular formula is C16H20FN5S. The van der Waals surface area contributed by atoms with E-state index in [1.54, 1.807) is 17.4 Å². The molecule has 1 fully saturated rings. The summed E-state index contributed by atoms with van der Waals surface area (Å²) in [5.74, 6) is -0.214. The van der Waals surface area contributed by atoms with Gasteiger partial charge in [-0.25, -0.2) is 14.4 Å². The van der Waals surface area contributed by atoms with Crippen LogP contribution < -0.4 is 10.3 Å². The summed E-state index contributed by atoms with van der Waals surface area (Å²) in [5.41, 5.74) is 2.42. The van der Waals surface area contributed by atoms with Crippen molar-refractivity contribution >= 4 is 27.7 Å². The number of hydrazine groups is 1. The van der Waals surface area contributed by atoms with Crippen molar-refractivity contribution in [2.75, 3.05) is 43.6 Å². The molecule has 0 unspecified atom stereocenters. The molecule has 0 bridgehead atoms. The highest BCUT2D eigenvalue weighted by Crippen LogP contribution is 2.43. The van der Waals surface area contributed by atoms with Crippen LogP contribution in [0.1, 0.15) is 10.7 Å². The van der Waals surface area contributed by atoms with Gasteiger partial charge in [-0.2, -0.15) is 0 Å². The summed E-state index contributed by atoms with van der Waals surface area (Å²) >= 11 is 1.67. The molecule has 2 aliphatic rings. The minimum absolute atomic E-state index is 0.214. The van der Waals surface area contributed by atoms with Gasteiger partial charge in [-0.05, 0) is 26.1 Å². The summed E-state index contributed by atoms with van der Waals surface area (Å²) in [6.07, 6.45) is 0. The predicted molar refractivity (Wildman–Crippen MR) is 91.8 cm³/mol. The average Bonchev–Trinajstić information content (AvgIpc) is 2.82. The van der Waals surface area contributed by atoms with Gasteiger partial charge in [0.25, 0.3) is 0 Å². The number of thiazole rings is 1. The number of para-hydroxylation sites is 1. The molecule has 4 rings (SSSR count). The maximum absolute atomic E-state index is 14.3. The lowest BCUT2D eigenvalue weighted by atomic mass is 10.2. The number of nitrogens with one attached hydrogen (secondary N) is 1. The molecule has 0 spiro atoms. The van der Waals surface area contributed by atoms with Crippen molar-refractivity contribution in [3.8, 4) is 0 Å². The maximum atomic E-state index is 14.3. The number of fused-ring (bicyclic) bond motifs is 2. The van der Waals surface area contributed by atoms with Crippen molar-refractivity contribution in [3.63, 3.8) is 0 Å². The quantitative estimate of drug-likeness (QED) is 0.868. The first-order chi connectivity index (χ1) is 11.1. The number of aromatic nitrogens is 1. The summed E-state index contributed by atoms with van der Waals surface area (Å²) in [6.45, 7) is 6.42. The van der Waals surface area contributed by atoms with Crippen molar-refractivity contribution in [1.82, 2.24) is 14.9 Å². The van der Waals surface area contributed by atoms with Crippen molar-refractivity contribution in [1.29, 1.82) is 0 Å². The standard InChI is InChI=1S/C16H20FN5S/c1-11-19-13-10-18-15-12(17)4-3-5-14(15)22(16(13)23-11)21-8-6-20(2)7-9-21/h3-5,18H,6-10H2,1-2H3. The van der Waals surface area contributed by atoms with Crippen LogP contribution in [-0.4, -0.2) is 48.1 Å². The number of halogens is 1. The third-order valence-electron chi connectivity index (χ3n) is 4.39. The largest absolute Gasteiger partial charge is 0.375 e. The molecule has 2 aromatic rings. The lowest BCUT2D eigenvalue weighted by Gasteiger charge is -2.40. The zero-order chi connectivity index (χ0) is 16.0. The number of hydrogen-bond acceptors (Lipinski definition) is 6. The first-order valence-corrected chi connectivity index (χ1v) is 8.67. The number of hydrogen-bond donors (Lipinski definition) is 1. The van der Waals surface area contributed by atoms with Crippen LogP contribution in [0.3, 0.4) is 0 Å². The first-order valence-electron chi connectivity index (χ1n) is 7.85. The zero-order valence-corrected chi connectivity index (χ0v) is 14.2. The molecule has 23 heavy (non-hydrogen) atoms. The average molecular weight is 333 g/mol.